The fourth-order valence-electron chi connectivity index (χ4n) is 1.45. The number of halogens is 2. The van der Waals surface area contributed by atoms with Gasteiger partial charge in [-0.1, -0.05) is 13.8 Å². The van der Waals surface area contributed by atoms with Crippen molar-refractivity contribution in [3.8, 4) is 5.75 Å². The minimum atomic E-state index is -2.88. The number of anilines is 1. The highest BCUT2D eigenvalue weighted by atomic mass is 19.3. The molecule has 0 atom stereocenters. The zero-order chi connectivity index (χ0) is 16.5. The maximum Gasteiger partial charge on any atom is 0.387 e. The monoisotopic (exact) mass is 315 g/mol. The van der Waals surface area contributed by atoms with E-state index >= 15 is 0 Å². The van der Waals surface area contributed by atoms with Gasteiger partial charge < -0.3 is 15.4 Å². The lowest BCUT2D eigenvalue weighted by Crippen LogP contribution is -2.43. The van der Waals surface area contributed by atoms with E-state index in [1.54, 1.807) is 0 Å². The number of imide groups is 1. The molecule has 0 bridgehead atoms. The predicted molar refractivity (Wildman–Crippen MR) is 77.9 cm³/mol. The van der Waals surface area contributed by atoms with Crippen molar-refractivity contribution < 1.29 is 23.1 Å². The molecule has 6 nitrogen and oxygen atoms in total. The zero-order valence-electron chi connectivity index (χ0n) is 12.4. The second-order valence-corrected chi connectivity index (χ2v) is 4.91. The largest absolute Gasteiger partial charge is 0.435 e. The molecule has 1 aromatic carbocycles. The third-order valence-electron chi connectivity index (χ3n) is 2.46. The molecule has 0 fully saturated rings. The van der Waals surface area contributed by atoms with Crippen LogP contribution in [0.2, 0.25) is 0 Å². The lowest BCUT2D eigenvalue weighted by Gasteiger charge is -2.10. The van der Waals surface area contributed by atoms with Gasteiger partial charge in [0.1, 0.15) is 5.75 Å². The summed E-state index contributed by atoms with van der Waals surface area (Å²) in [6, 6.07) is 5.12. The molecule has 0 unspecified atom stereocenters. The third kappa shape index (κ3) is 7.41. The maximum atomic E-state index is 12.0. The SMILES string of the molecule is CC(C)CNC(=O)NC(=O)CNc1ccc(OC(F)F)cc1. The molecule has 8 heteroatoms. The molecule has 0 aliphatic heterocycles. The van der Waals surface area contributed by atoms with Crippen LogP contribution >= 0.6 is 0 Å². The van der Waals surface area contributed by atoms with E-state index in [9.17, 15) is 18.4 Å². The van der Waals surface area contributed by atoms with Crippen molar-refractivity contribution in [2.24, 2.45) is 5.92 Å². The van der Waals surface area contributed by atoms with Gasteiger partial charge in [0.15, 0.2) is 0 Å². The second kappa shape index (κ2) is 8.81. The number of alkyl halides is 2. The van der Waals surface area contributed by atoms with Crippen LogP contribution in [0.5, 0.6) is 5.75 Å². The summed E-state index contributed by atoms with van der Waals surface area (Å²) in [5.74, 6) is -0.194. The molecule has 22 heavy (non-hydrogen) atoms. The Balaban J connectivity index is 2.33. The summed E-state index contributed by atoms with van der Waals surface area (Å²) in [6.07, 6.45) is 0. The molecule has 0 aliphatic carbocycles. The van der Waals surface area contributed by atoms with Crippen molar-refractivity contribution in [2.75, 3.05) is 18.4 Å². The molecule has 0 aromatic heterocycles. The Morgan fingerprint density at radius 2 is 1.82 bits per heavy atom. The van der Waals surface area contributed by atoms with Crippen molar-refractivity contribution in [2.45, 2.75) is 20.5 Å². The first-order chi connectivity index (χ1) is 10.4. The highest BCUT2D eigenvalue weighted by Crippen LogP contribution is 2.17. The Hall–Kier alpha value is -2.38. The van der Waals surface area contributed by atoms with Gasteiger partial charge in [0.25, 0.3) is 0 Å². The second-order valence-electron chi connectivity index (χ2n) is 4.91. The first-order valence-electron chi connectivity index (χ1n) is 6.73. The molecule has 0 radical (unpaired) electrons. The number of benzene rings is 1. The van der Waals surface area contributed by atoms with E-state index < -0.39 is 18.5 Å². The molecular formula is C14H19F2N3O3. The molecule has 0 spiro atoms. The molecule has 0 aliphatic rings. The third-order valence-corrected chi connectivity index (χ3v) is 2.46. The Bertz CT molecular complexity index is 493. The smallest absolute Gasteiger partial charge is 0.387 e. The molecule has 1 aromatic rings. The lowest BCUT2D eigenvalue weighted by atomic mass is 10.2. The molecule has 0 saturated heterocycles. The number of ether oxygens (including phenoxy) is 1. The Morgan fingerprint density at radius 3 is 2.36 bits per heavy atom. The lowest BCUT2D eigenvalue weighted by molar-refractivity contribution is -0.118. The normalized spacial score (nSPS) is 10.5. The van der Waals surface area contributed by atoms with Crippen LogP contribution in [0.25, 0.3) is 0 Å². The summed E-state index contributed by atoms with van der Waals surface area (Å²) in [7, 11) is 0. The van der Waals surface area contributed by atoms with Crippen molar-refractivity contribution in [1.29, 1.82) is 0 Å². The van der Waals surface area contributed by atoms with E-state index in [1.807, 2.05) is 13.8 Å². The van der Waals surface area contributed by atoms with Crippen LogP contribution in [0.4, 0.5) is 19.3 Å². The topological polar surface area (TPSA) is 79.5 Å². The van der Waals surface area contributed by atoms with Gasteiger partial charge in [0.05, 0.1) is 6.54 Å². The van der Waals surface area contributed by atoms with E-state index in [4.69, 9.17) is 0 Å². The van der Waals surface area contributed by atoms with Gasteiger partial charge in [0.2, 0.25) is 5.91 Å². The van der Waals surface area contributed by atoms with Crippen LogP contribution in [-0.2, 0) is 4.79 Å². The summed E-state index contributed by atoms with van der Waals surface area (Å²) in [4.78, 5) is 22.9. The van der Waals surface area contributed by atoms with Gasteiger partial charge in [0, 0.05) is 12.2 Å². The van der Waals surface area contributed by atoms with Crippen LogP contribution in [-0.4, -0.2) is 31.6 Å². The predicted octanol–water partition coefficient (Wildman–Crippen LogP) is 2.18. The van der Waals surface area contributed by atoms with Crippen LogP contribution in [0.15, 0.2) is 24.3 Å². The number of nitrogens with one attached hydrogen (secondary N) is 3. The van der Waals surface area contributed by atoms with Crippen LogP contribution in [0, 0.1) is 5.92 Å². The number of hydrogen-bond donors (Lipinski definition) is 3. The van der Waals surface area contributed by atoms with Crippen molar-refractivity contribution in [3.05, 3.63) is 24.3 Å². The molecule has 3 amide bonds. The molecule has 122 valence electrons. The van der Waals surface area contributed by atoms with Crippen LogP contribution in [0.3, 0.4) is 0 Å². The Labute approximate surface area is 127 Å². The van der Waals surface area contributed by atoms with E-state index in [0.717, 1.165) is 0 Å². The summed E-state index contributed by atoms with van der Waals surface area (Å²) >= 11 is 0. The fraction of sp³-hybridized carbons (Fsp3) is 0.429. The maximum absolute atomic E-state index is 12.0. The van der Waals surface area contributed by atoms with Gasteiger partial charge in [-0.25, -0.2) is 4.79 Å². The van der Waals surface area contributed by atoms with E-state index in [-0.39, 0.29) is 18.2 Å². The standard InChI is InChI=1S/C14H19F2N3O3/c1-9(2)7-18-14(21)19-12(20)8-17-10-3-5-11(6-4-10)22-13(15)16/h3-6,9,13,17H,7-8H2,1-2H3,(H2,18,19,20,21). The number of rotatable bonds is 7. The highest BCUT2D eigenvalue weighted by Gasteiger charge is 2.08. The summed E-state index contributed by atoms with van der Waals surface area (Å²) in [5, 5.41) is 7.48. The highest BCUT2D eigenvalue weighted by molar-refractivity contribution is 5.96. The van der Waals surface area contributed by atoms with Crippen LogP contribution in [0.1, 0.15) is 13.8 Å². The molecule has 0 saturated carbocycles. The summed E-state index contributed by atoms with van der Waals surface area (Å²) in [5.41, 5.74) is 0.541. The van der Waals surface area contributed by atoms with Gasteiger partial charge in [-0.05, 0) is 30.2 Å². The molecular weight excluding hydrogens is 296 g/mol. The number of hydrogen-bond acceptors (Lipinski definition) is 4. The minimum Gasteiger partial charge on any atom is -0.435 e. The van der Waals surface area contributed by atoms with Gasteiger partial charge >= 0.3 is 12.6 Å². The summed E-state index contributed by atoms with van der Waals surface area (Å²) in [6.45, 7) is 1.34. The number of urea groups is 1. The minimum absolute atomic E-state index is 0.0260. The van der Waals surface area contributed by atoms with E-state index in [2.05, 4.69) is 20.7 Å². The average molecular weight is 315 g/mol. The molecule has 3 N–H and O–H groups in total. The van der Waals surface area contributed by atoms with Crippen molar-refractivity contribution >= 4 is 17.6 Å². The van der Waals surface area contributed by atoms with E-state index in [1.165, 1.54) is 24.3 Å². The van der Waals surface area contributed by atoms with Gasteiger partial charge in [-0.15, -0.1) is 0 Å². The molecule has 0 heterocycles. The fourth-order valence-corrected chi connectivity index (χ4v) is 1.45. The number of carbonyl (C=O) groups is 2. The average Bonchev–Trinajstić information content (AvgIpc) is 2.44. The van der Waals surface area contributed by atoms with Gasteiger partial charge in [-0.3, -0.25) is 10.1 Å². The zero-order valence-corrected chi connectivity index (χ0v) is 12.4. The summed E-state index contributed by atoms with van der Waals surface area (Å²) < 4.78 is 28.2. The van der Waals surface area contributed by atoms with Crippen molar-refractivity contribution in [1.82, 2.24) is 10.6 Å². The first kappa shape index (κ1) is 17.7. The van der Waals surface area contributed by atoms with Crippen LogP contribution < -0.4 is 20.7 Å². The first-order valence-corrected chi connectivity index (χ1v) is 6.73. The van der Waals surface area contributed by atoms with Crippen molar-refractivity contribution in [3.63, 3.8) is 0 Å². The Morgan fingerprint density at radius 1 is 1.18 bits per heavy atom. The van der Waals surface area contributed by atoms with Gasteiger partial charge in [-0.2, -0.15) is 8.78 Å². The number of amides is 3. The number of carbonyl (C=O) groups excluding carboxylic acids is 2. The molecule has 1 rings (SSSR count). The van der Waals surface area contributed by atoms with E-state index in [0.29, 0.717) is 12.2 Å². The quantitative estimate of drug-likeness (QED) is 0.720. The Kier molecular flexibility index (Phi) is 7.07.